The highest BCUT2D eigenvalue weighted by Gasteiger charge is 2.21. The molecule has 0 saturated heterocycles. The van der Waals surface area contributed by atoms with E-state index in [2.05, 4.69) is 43.5 Å². The van der Waals surface area contributed by atoms with Crippen LogP contribution in [0.1, 0.15) is 32.6 Å². The molecule has 1 N–H and O–H groups in total. The van der Waals surface area contributed by atoms with E-state index in [0.29, 0.717) is 6.54 Å². The summed E-state index contributed by atoms with van der Waals surface area (Å²) in [6.07, 6.45) is 3.97. The van der Waals surface area contributed by atoms with Crippen LogP contribution in [0.4, 0.5) is 4.39 Å². The monoisotopic (exact) mass is 415 g/mol. The van der Waals surface area contributed by atoms with Crippen LogP contribution in [0.2, 0.25) is 0 Å². The molecule has 1 aromatic rings. The van der Waals surface area contributed by atoms with Crippen molar-refractivity contribution < 1.29 is 12.8 Å². The van der Waals surface area contributed by atoms with E-state index >= 15 is 0 Å². The molecule has 1 aromatic carbocycles. The largest absolute Gasteiger partial charge is 0.242 e. The summed E-state index contributed by atoms with van der Waals surface area (Å²) in [5.74, 6) is -0.499. The standard InChI is InChI=1S/C12H16Br2FNO2S/c1-2-3-4-5-6-16-19(17,18)12-10(13)7-9(15)8-11(12)14/h7-8,16H,2-6H2,1H3. The molecule has 0 saturated carbocycles. The summed E-state index contributed by atoms with van der Waals surface area (Å²) in [6, 6.07) is 2.27. The molecule has 19 heavy (non-hydrogen) atoms. The Balaban J connectivity index is 2.78. The van der Waals surface area contributed by atoms with Crippen molar-refractivity contribution in [3.8, 4) is 0 Å². The van der Waals surface area contributed by atoms with Crippen LogP contribution in [0, 0.1) is 5.82 Å². The first-order valence-corrected chi connectivity index (χ1v) is 9.09. The van der Waals surface area contributed by atoms with Gasteiger partial charge in [-0.2, -0.15) is 0 Å². The minimum absolute atomic E-state index is 0.0318. The maximum Gasteiger partial charge on any atom is 0.242 e. The average Bonchev–Trinajstić information content (AvgIpc) is 2.26. The number of hydrogen-bond acceptors (Lipinski definition) is 2. The third-order valence-electron chi connectivity index (χ3n) is 2.55. The quantitative estimate of drug-likeness (QED) is 0.676. The fourth-order valence-electron chi connectivity index (χ4n) is 1.62. The Kier molecular flexibility index (Phi) is 6.93. The number of halogens is 3. The van der Waals surface area contributed by atoms with Crippen LogP contribution in [0.25, 0.3) is 0 Å². The molecule has 0 aliphatic rings. The number of nitrogens with one attached hydrogen (secondary N) is 1. The van der Waals surface area contributed by atoms with Gasteiger partial charge in [0.1, 0.15) is 10.7 Å². The van der Waals surface area contributed by atoms with Crippen molar-refractivity contribution in [3.05, 3.63) is 26.9 Å². The summed E-state index contributed by atoms with van der Waals surface area (Å²) in [5, 5.41) is 0. The summed E-state index contributed by atoms with van der Waals surface area (Å²) < 4.78 is 40.3. The van der Waals surface area contributed by atoms with Gasteiger partial charge in [-0.05, 0) is 50.4 Å². The lowest BCUT2D eigenvalue weighted by Crippen LogP contribution is -2.25. The van der Waals surface area contributed by atoms with Crippen LogP contribution in [0.15, 0.2) is 26.0 Å². The molecule has 0 heterocycles. The van der Waals surface area contributed by atoms with Crippen LogP contribution in [-0.2, 0) is 10.0 Å². The first kappa shape index (κ1) is 17.1. The Morgan fingerprint density at radius 2 is 1.74 bits per heavy atom. The van der Waals surface area contributed by atoms with Crippen molar-refractivity contribution in [1.29, 1.82) is 0 Å². The van der Waals surface area contributed by atoms with Gasteiger partial charge in [-0.3, -0.25) is 0 Å². The van der Waals surface area contributed by atoms with Crippen LogP contribution in [0.5, 0.6) is 0 Å². The molecule has 108 valence electrons. The first-order valence-electron chi connectivity index (χ1n) is 6.02. The third-order valence-corrected chi connectivity index (χ3v) is 5.89. The second-order valence-electron chi connectivity index (χ2n) is 4.16. The van der Waals surface area contributed by atoms with Crippen LogP contribution < -0.4 is 4.72 Å². The number of rotatable bonds is 7. The zero-order valence-electron chi connectivity index (χ0n) is 10.5. The molecule has 0 spiro atoms. The molecule has 0 fully saturated rings. The predicted octanol–water partition coefficient (Wildman–Crippen LogP) is 4.21. The van der Waals surface area contributed by atoms with E-state index < -0.39 is 15.8 Å². The van der Waals surface area contributed by atoms with Crippen molar-refractivity contribution in [2.24, 2.45) is 0 Å². The van der Waals surface area contributed by atoms with Gasteiger partial charge in [0.05, 0.1) is 0 Å². The molecule has 3 nitrogen and oxygen atoms in total. The van der Waals surface area contributed by atoms with Gasteiger partial charge in [0.15, 0.2) is 0 Å². The Morgan fingerprint density at radius 3 is 2.26 bits per heavy atom. The summed E-state index contributed by atoms with van der Waals surface area (Å²) >= 11 is 6.16. The summed E-state index contributed by atoms with van der Waals surface area (Å²) in [7, 11) is -3.64. The minimum atomic E-state index is -3.64. The SMILES string of the molecule is CCCCCCNS(=O)(=O)c1c(Br)cc(F)cc1Br. The summed E-state index contributed by atoms with van der Waals surface area (Å²) in [4.78, 5) is 0.0318. The van der Waals surface area contributed by atoms with Crippen molar-refractivity contribution >= 4 is 41.9 Å². The molecule has 1 rings (SSSR count). The van der Waals surface area contributed by atoms with Crippen molar-refractivity contribution in [1.82, 2.24) is 4.72 Å². The van der Waals surface area contributed by atoms with Gasteiger partial charge in [-0.1, -0.05) is 26.2 Å². The fraction of sp³-hybridized carbons (Fsp3) is 0.500. The van der Waals surface area contributed by atoms with Crippen molar-refractivity contribution in [2.45, 2.75) is 37.5 Å². The van der Waals surface area contributed by atoms with Crippen molar-refractivity contribution in [2.75, 3.05) is 6.54 Å². The predicted molar refractivity (Wildman–Crippen MR) is 81.1 cm³/mol. The Labute approximate surface area is 130 Å². The van der Waals surface area contributed by atoms with Gasteiger partial charge in [-0.15, -0.1) is 0 Å². The Bertz CT molecular complexity index is 512. The maximum atomic E-state index is 13.1. The molecule has 0 amide bonds. The smallest absolute Gasteiger partial charge is 0.211 e. The summed E-state index contributed by atoms with van der Waals surface area (Å²) in [5.41, 5.74) is 0. The molecular weight excluding hydrogens is 401 g/mol. The lowest BCUT2D eigenvalue weighted by molar-refractivity contribution is 0.571. The van der Waals surface area contributed by atoms with E-state index in [1.54, 1.807) is 0 Å². The first-order chi connectivity index (χ1) is 8.88. The van der Waals surface area contributed by atoms with E-state index in [-0.39, 0.29) is 13.8 Å². The van der Waals surface area contributed by atoms with Crippen LogP contribution >= 0.6 is 31.9 Å². The van der Waals surface area contributed by atoms with E-state index in [1.165, 1.54) is 0 Å². The van der Waals surface area contributed by atoms with E-state index in [0.717, 1.165) is 37.8 Å². The fourth-order valence-corrected chi connectivity index (χ4v) is 5.21. The van der Waals surface area contributed by atoms with Gasteiger partial charge in [0.2, 0.25) is 10.0 Å². The number of hydrogen-bond donors (Lipinski definition) is 1. The van der Waals surface area contributed by atoms with E-state index in [4.69, 9.17) is 0 Å². The summed E-state index contributed by atoms with van der Waals surface area (Å²) in [6.45, 7) is 2.48. The zero-order chi connectivity index (χ0) is 14.5. The zero-order valence-corrected chi connectivity index (χ0v) is 14.5. The molecular formula is C12H16Br2FNO2S. The molecule has 7 heteroatoms. The normalized spacial score (nSPS) is 11.8. The molecule has 0 atom stereocenters. The lowest BCUT2D eigenvalue weighted by Gasteiger charge is -2.10. The molecule has 0 aliphatic heterocycles. The van der Waals surface area contributed by atoms with Gasteiger partial charge >= 0.3 is 0 Å². The Morgan fingerprint density at radius 1 is 1.16 bits per heavy atom. The van der Waals surface area contributed by atoms with Crippen molar-refractivity contribution in [3.63, 3.8) is 0 Å². The second kappa shape index (κ2) is 7.71. The highest BCUT2D eigenvalue weighted by atomic mass is 79.9. The molecule has 0 aromatic heterocycles. The number of benzene rings is 1. The second-order valence-corrected chi connectivity index (χ2v) is 7.57. The van der Waals surface area contributed by atoms with E-state index in [1.807, 2.05) is 0 Å². The van der Waals surface area contributed by atoms with Crippen LogP contribution in [-0.4, -0.2) is 15.0 Å². The topological polar surface area (TPSA) is 46.2 Å². The van der Waals surface area contributed by atoms with Gasteiger partial charge in [0, 0.05) is 15.5 Å². The molecule has 0 unspecified atom stereocenters. The number of unbranched alkanes of at least 4 members (excludes halogenated alkanes) is 3. The lowest BCUT2D eigenvalue weighted by atomic mass is 10.2. The third kappa shape index (κ3) is 5.13. The number of sulfonamides is 1. The van der Waals surface area contributed by atoms with Gasteiger partial charge in [0.25, 0.3) is 0 Å². The minimum Gasteiger partial charge on any atom is -0.211 e. The average molecular weight is 417 g/mol. The van der Waals surface area contributed by atoms with E-state index in [9.17, 15) is 12.8 Å². The maximum absolute atomic E-state index is 13.1. The Hall–Kier alpha value is 0.0200. The van der Waals surface area contributed by atoms with Gasteiger partial charge < -0.3 is 0 Å². The molecule has 0 bridgehead atoms. The highest BCUT2D eigenvalue weighted by Crippen LogP contribution is 2.30. The van der Waals surface area contributed by atoms with Crippen LogP contribution in [0.3, 0.4) is 0 Å². The highest BCUT2D eigenvalue weighted by molar-refractivity contribution is 9.11. The molecule has 0 aliphatic carbocycles. The molecule has 0 radical (unpaired) electrons. The van der Waals surface area contributed by atoms with Gasteiger partial charge in [-0.25, -0.2) is 17.5 Å².